The van der Waals surface area contributed by atoms with Crippen LogP contribution < -0.4 is 10.1 Å². The van der Waals surface area contributed by atoms with Gasteiger partial charge in [0.05, 0.1) is 19.2 Å². The fraction of sp³-hybridized carbons (Fsp3) is 0.318. The third-order valence-corrected chi connectivity index (χ3v) is 5.11. The lowest BCUT2D eigenvalue weighted by Gasteiger charge is -2.22. The number of Topliss-reactive ketones (excluding diaryl/α,β-unsaturated/α-hetero) is 1. The molecular weight excluding hydrogens is 375 g/mol. The van der Waals surface area contributed by atoms with Gasteiger partial charge in [0.1, 0.15) is 17.1 Å². The summed E-state index contributed by atoms with van der Waals surface area (Å²) < 4.78 is 18.7. The highest BCUT2D eigenvalue weighted by atomic mass is 19.1. The summed E-state index contributed by atoms with van der Waals surface area (Å²) in [6, 6.07) is 10.3. The predicted octanol–water partition coefficient (Wildman–Crippen LogP) is 3.44. The Morgan fingerprint density at radius 3 is 2.48 bits per heavy atom. The number of ketones is 1. The maximum absolute atomic E-state index is 13.6. The van der Waals surface area contributed by atoms with E-state index in [4.69, 9.17) is 4.74 Å². The molecule has 29 heavy (non-hydrogen) atoms. The molecule has 1 atom stereocenters. The number of imide groups is 1. The first kappa shape index (κ1) is 20.5. The van der Waals surface area contributed by atoms with E-state index in [9.17, 15) is 18.8 Å². The summed E-state index contributed by atoms with van der Waals surface area (Å²) in [4.78, 5) is 39.0. The van der Waals surface area contributed by atoms with E-state index < -0.39 is 35.6 Å². The number of urea groups is 1. The first-order valence-electron chi connectivity index (χ1n) is 9.40. The molecule has 3 rings (SSSR count). The Labute approximate surface area is 168 Å². The molecule has 1 aliphatic rings. The average Bonchev–Trinajstić information content (AvgIpc) is 2.92. The summed E-state index contributed by atoms with van der Waals surface area (Å²) in [5.74, 6) is -1.55. The molecule has 1 aliphatic heterocycles. The summed E-state index contributed by atoms with van der Waals surface area (Å²) in [6.45, 7) is 3.18. The molecule has 1 N–H and O–H groups in total. The number of ether oxygens (including phenoxy) is 1. The van der Waals surface area contributed by atoms with E-state index in [2.05, 4.69) is 12.2 Å². The van der Waals surface area contributed by atoms with E-state index in [1.807, 2.05) is 24.3 Å². The van der Waals surface area contributed by atoms with Crippen molar-refractivity contribution in [3.05, 3.63) is 65.0 Å². The van der Waals surface area contributed by atoms with Gasteiger partial charge in [0, 0.05) is 0 Å². The van der Waals surface area contributed by atoms with E-state index >= 15 is 0 Å². The molecule has 0 aromatic heterocycles. The smallest absolute Gasteiger partial charge is 0.325 e. The van der Waals surface area contributed by atoms with Crippen molar-refractivity contribution in [2.45, 2.75) is 32.2 Å². The van der Waals surface area contributed by atoms with Crippen LogP contribution in [0.25, 0.3) is 0 Å². The lowest BCUT2D eigenvalue weighted by atomic mass is 9.91. The molecule has 0 spiro atoms. The van der Waals surface area contributed by atoms with Crippen molar-refractivity contribution in [2.75, 3.05) is 13.7 Å². The van der Waals surface area contributed by atoms with Gasteiger partial charge in [-0.2, -0.15) is 0 Å². The SMILES string of the molecule is CCCc1ccc([C@]2(C)NC(=O)N(CC(=O)c3cc(F)ccc3OC)C2=O)cc1. The summed E-state index contributed by atoms with van der Waals surface area (Å²) in [7, 11) is 1.36. The molecule has 1 saturated heterocycles. The fourth-order valence-corrected chi connectivity index (χ4v) is 3.46. The Morgan fingerprint density at radius 2 is 1.86 bits per heavy atom. The number of methoxy groups -OCH3 is 1. The van der Waals surface area contributed by atoms with Gasteiger partial charge >= 0.3 is 6.03 Å². The summed E-state index contributed by atoms with van der Waals surface area (Å²) in [5.41, 5.74) is 0.482. The van der Waals surface area contributed by atoms with Gasteiger partial charge in [0.2, 0.25) is 0 Å². The van der Waals surface area contributed by atoms with Crippen molar-refractivity contribution in [2.24, 2.45) is 0 Å². The third-order valence-electron chi connectivity index (χ3n) is 5.11. The van der Waals surface area contributed by atoms with E-state index in [1.165, 1.54) is 19.2 Å². The highest BCUT2D eigenvalue weighted by molar-refractivity contribution is 6.11. The van der Waals surface area contributed by atoms with E-state index in [1.54, 1.807) is 6.92 Å². The second-order valence-corrected chi connectivity index (χ2v) is 7.16. The zero-order valence-corrected chi connectivity index (χ0v) is 16.6. The van der Waals surface area contributed by atoms with E-state index in [-0.39, 0.29) is 11.3 Å². The Bertz CT molecular complexity index is 958. The lowest BCUT2D eigenvalue weighted by Crippen LogP contribution is -2.41. The van der Waals surface area contributed by atoms with Gasteiger partial charge in [-0.1, -0.05) is 37.6 Å². The van der Waals surface area contributed by atoms with Gasteiger partial charge in [-0.3, -0.25) is 14.5 Å². The van der Waals surface area contributed by atoms with Crippen LogP contribution in [0.1, 0.15) is 41.8 Å². The number of aryl methyl sites for hydroxylation is 1. The number of halogens is 1. The van der Waals surface area contributed by atoms with Gasteiger partial charge in [-0.15, -0.1) is 0 Å². The summed E-state index contributed by atoms with van der Waals surface area (Å²) >= 11 is 0. The molecule has 3 amide bonds. The molecule has 0 saturated carbocycles. The first-order valence-corrected chi connectivity index (χ1v) is 9.40. The molecule has 7 heteroatoms. The van der Waals surface area contributed by atoms with Crippen molar-refractivity contribution < 1.29 is 23.5 Å². The Hall–Kier alpha value is -3.22. The molecule has 2 aromatic rings. The van der Waals surface area contributed by atoms with Crippen LogP contribution in [0.5, 0.6) is 5.75 Å². The van der Waals surface area contributed by atoms with Crippen LogP contribution in [0.15, 0.2) is 42.5 Å². The number of carbonyl (C=O) groups is 3. The molecule has 0 bridgehead atoms. The van der Waals surface area contributed by atoms with Crippen LogP contribution in [0.3, 0.4) is 0 Å². The molecule has 0 radical (unpaired) electrons. The normalized spacial score (nSPS) is 18.7. The quantitative estimate of drug-likeness (QED) is 0.573. The van der Waals surface area contributed by atoms with Crippen LogP contribution in [0.4, 0.5) is 9.18 Å². The van der Waals surface area contributed by atoms with Gasteiger partial charge in [0.15, 0.2) is 5.78 Å². The molecule has 0 unspecified atom stereocenters. The highest BCUT2D eigenvalue weighted by Gasteiger charge is 2.49. The molecule has 0 aliphatic carbocycles. The van der Waals surface area contributed by atoms with Crippen molar-refractivity contribution in [3.8, 4) is 5.75 Å². The fourth-order valence-electron chi connectivity index (χ4n) is 3.46. The summed E-state index contributed by atoms with van der Waals surface area (Å²) in [6.07, 6.45) is 1.93. The summed E-state index contributed by atoms with van der Waals surface area (Å²) in [5, 5.41) is 2.67. The van der Waals surface area contributed by atoms with Crippen LogP contribution >= 0.6 is 0 Å². The van der Waals surface area contributed by atoms with Crippen molar-refractivity contribution in [1.29, 1.82) is 0 Å². The number of nitrogens with one attached hydrogen (secondary N) is 1. The standard InChI is InChI=1S/C22H23FN2O4/c1-4-5-14-6-8-15(9-7-14)22(2)20(27)25(21(28)24-22)13-18(26)17-12-16(23)10-11-19(17)29-3/h6-12H,4-5,13H2,1-3H3,(H,24,28)/t22-/m0/s1. The van der Waals surface area contributed by atoms with Crippen LogP contribution in [-0.2, 0) is 16.8 Å². The zero-order chi connectivity index (χ0) is 21.2. The molecule has 1 heterocycles. The number of hydrogen-bond acceptors (Lipinski definition) is 4. The number of hydrogen-bond donors (Lipinski definition) is 1. The topological polar surface area (TPSA) is 75.7 Å². The maximum Gasteiger partial charge on any atom is 0.325 e. The maximum atomic E-state index is 13.6. The number of benzene rings is 2. The predicted molar refractivity (Wildman–Crippen MR) is 105 cm³/mol. The van der Waals surface area contributed by atoms with Crippen LogP contribution in [-0.4, -0.2) is 36.3 Å². The lowest BCUT2D eigenvalue weighted by molar-refractivity contribution is -0.130. The number of amides is 3. The minimum atomic E-state index is -1.27. The Kier molecular flexibility index (Phi) is 5.68. The van der Waals surface area contributed by atoms with Gasteiger partial charge < -0.3 is 10.1 Å². The second kappa shape index (κ2) is 8.03. The number of carbonyl (C=O) groups excluding carboxylic acids is 3. The third kappa shape index (κ3) is 3.85. The van der Waals surface area contributed by atoms with Gasteiger partial charge in [-0.25, -0.2) is 9.18 Å². The van der Waals surface area contributed by atoms with Crippen molar-refractivity contribution in [1.82, 2.24) is 10.2 Å². The number of nitrogens with zero attached hydrogens (tertiary/aromatic N) is 1. The molecule has 1 fully saturated rings. The molecule has 152 valence electrons. The minimum Gasteiger partial charge on any atom is -0.496 e. The Morgan fingerprint density at radius 1 is 1.17 bits per heavy atom. The molecule has 6 nitrogen and oxygen atoms in total. The van der Waals surface area contributed by atoms with Crippen molar-refractivity contribution >= 4 is 17.7 Å². The molecular formula is C22H23FN2O4. The van der Waals surface area contributed by atoms with Crippen molar-refractivity contribution in [3.63, 3.8) is 0 Å². The monoisotopic (exact) mass is 398 g/mol. The number of rotatable bonds is 7. The largest absolute Gasteiger partial charge is 0.496 e. The van der Waals surface area contributed by atoms with Gasteiger partial charge in [0.25, 0.3) is 5.91 Å². The van der Waals surface area contributed by atoms with Crippen LogP contribution in [0, 0.1) is 5.82 Å². The van der Waals surface area contributed by atoms with E-state index in [0.29, 0.717) is 5.56 Å². The van der Waals surface area contributed by atoms with Gasteiger partial charge in [-0.05, 0) is 42.7 Å². The second-order valence-electron chi connectivity index (χ2n) is 7.16. The zero-order valence-electron chi connectivity index (χ0n) is 16.6. The minimum absolute atomic E-state index is 0.0226. The highest BCUT2D eigenvalue weighted by Crippen LogP contribution is 2.30. The van der Waals surface area contributed by atoms with E-state index in [0.717, 1.165) is 29.4 Å². The first-order chi connectivity index (χ1) is 13.8. The molecule has 2 aromatic carbocycles. The average molecular weight is 398 g/mol. The Balaban J connectivity index is 1.83. The van der Waals surface area contributed by atoms with Crippen LogP contribution in [0.2, 0.25) is 0 Å².